The minimum Gasteiger partial charge on any atom is -0.382 e. The number of allylic oxidation sites excluding steroid dienone is 1. The third-order valence-electron chi connectivity index (χ3n) is 6.83. The summed E-state index contributed by atoms with van der Waals surface area (Å²) in [7, 11) is 0. The fraction of sp³-hybridized carbons (Fsp3) is 0.333. The molecule has 186 valence electrons. The summed E-state index contributed by atoms with van der Waals surface area (Å²) in [4.78, 5) is 17.7. The summed E-state index contributed by atoms with van der Waals surface area (Å²) in [6.45, 7) is 6.53. The molecule has 1 saturated heterocycles. The van der Waals surface area contributed by atoms with Crippen LogP contribution in [0.25, 0.3) is 17.2 Å². The number of fused-ring (bicyclic) bond motifs is 1. The topological polar surface area (TPSA) is 94.3 Å². The Hall–Kier alpha value is -3.43. The van der Waals surface area contributed by atoms with E-state index in [0.717, 1.165) is 48.3 Å². The summed E-state index contributed by atoms with van der Waals surface area (Å²) in [5.74, 6) is 0.402. The van der Waals surface area contributed by atoms with Gasteiger partial charge in [-0.25, -0.2) is 9.50 Å². The molecule has 3 aromatic heterocycles. The number of hydrogen-bond donors (Lipinski definition) is 1. The molecule has 4 heterocycles. The van der Waals surface area contributed by atoms with Crippen molar-refractivity contribution < 1.29 is 4.79 Å². The van der Waals surface area contributed by atoms with Gasteiger partial charge in [0.05, 0.1) is 12.2 Å². The summed E-state index contributed by atoms with van der Waals surface area (Å²) in [5.41, 5.74) is 12.6. The van der Waals surface area contributed by atoms with Gasteiger partial charge in [0.2, 0.25) is 0 Å². The second-order valence-electron chi connectivity index (χ2n) is 9.17. The van der Waals surface area contributed by atoms with Crippen molar-refractivity contribution in [2.24, 2.45) is 5.92 Å². The monoisotopic (exact) mass is 501 g/mol. The van der Waals surface area contributed by atoms with Crippen LogP contribution in [0.4, 0.5) is 5.82 Å². The molecule has 4 aromatic rings. The van der Waals surface area contributed by atoms with Crippen molar-refractivity contribution in [3.8, 4) is 0 Å². The van der Waals surface area contributed by atoms with Gasteiger partial charge in [-0.2, -0.15) is 10.2 Å². The number of benzene rings is 1. The lowest BCUT2D eigenvalue weighted by atomic mass is 10.00. The number of nitrogens with two attached hydrogens (primary N) is 1. The van der Waals surface area contributed by atoms with Crippen LogP contribution >= 0.6 is 11.9 Å². The minimum absolute atomic E-state index is 0.0516. The van der Waals surface area contributed by atoms with Crippen LogP contribution in [0.15, 0.2) is 48.9 Å². The SMILES string of the molecule is CCc1cn(Cc2ccccc2)nc1/C=C(\C)c1cc(C(=O)C2CCN(SC)C2)n2ncnc(N)c12. The summed E-state index contributed by atoms with van der Waals surface area (Å²) >= 11 is 1.68. The second-order valence-corrected chi connectivity index (χ2v) is 10.1. The van der Waals surface area contributed by atoms with Gasteiger partial charge < -0.3 is 5.73 Å². The van der Waals surface area contributed by atoms with Gasteiger partial charge in [-0.05, 0) is 54.9 Å². The average molecular weight is 502 g/mol. The van der Waals surface area contributed by atoms with Gasteiger partial charge in [-0.1, -0.05) is 49.2 Å². The number of nitrogen functional groups attached to an aromatic ring is 1. The van der Waals surface area contributed by atoms with Gasteiger partial charge in [-0.3, -0.25) is 13.8 Å². The van der Waals surface area contributed by atoms with Gasteiger partial charge in [-0.15, -0.1) is 0 Å². The molecule has 0 saturated carbocycles. The molecule has 8 nitrogen and oxygen atoms in total. The molecule has 1 aromatic carbocycles. The zero-order valence-electron chi connectivity index (χ0n) is 20.9. The van der Waals surface area contributed by atoms with Crippen LogP contribution in [0.2, 0.25) is 0 Å². The number of anilines is 1. The Kier molecular flexibility index (Phi) is 6.93. The number of hydrogen-bond acceptors (Lipinski definition) is 7. The fourth-order valence-corrected chi connectivity index (χ4v) is 5.48. The number of nitrogens with zero attached hydrogens (tertiary/aromatic N) is 6. The van der Waals surface area contributed by atoms with Crippen LogP contribution in [-0.2, 0) is 13.0 Å². The summed E-state index contributed by atoms with van der Waals surface area (Å²) in [6, 6.07) is 12.2. The van der Waals surface area contributed by atoms with Crippen LogP contribution < -0.4 is 5.73 Å². The Morgan fingerprint density at radius 3 is 2.81 bits per heavy atom. The molecule has 9 heteroatoms. The summed E-state index contributed by atoms with van der Waals surface area (Å²) in [6.07, 6.45) is 9.34. The first kappa shape index (κ1) is 24.3. The first-order valence-corrected chi connectivity index (χ1v) is 13.4. The van der Waals surface area contributed by atoms with Gasteiger partial charge in [0.25, 0.3) is 0 Å². The van der Waals surface area contributed by atoms with Crippen molar-refractivity contribution in [2.45, 2.75) is 33.2 Å². The lowest BCUT2D eigenvalue weighted by Crippen LogP contribution is -2.20. The highest BCUT2D eigenvalue weighted by Crippen LogP contribution is 2.31. The van der Waals surface area contributed by atoms with Crippen LogP contribution in [-0.4, -0.2) is 53.8 Å². The molecule has 0 spiro atoms. The number of aryl methyl sites for hydroxylation is 1. The summed E-state index contributed by atoms with van der Waals surface area (Å²) in [5, 5.41) is 9.27. The number of carbonyl (C=O) groups is 1. The van der Waals surface area contributed by atoms with Crippen molar-refractivity contribution in [3.05, 3.63) is 77.0 Å². The molecule has 36 heavy (non-hydrogen) atoms. The van der Waals surface area contributed by atoms with E-state index in [1.54, 1.807) is 16.5 Å². The van der Waals surface area contributed by atoms with Crippen molar-refractivity contribution >= 4 is 40.7 Å². The molecule has 2 N–H and O–H groups in total. The minimum atomic E-state index is -0.0516. The fourth-order valence-electron chi connectivity index (χ4n) is 4.87. The van der Waals surface area contributed by atoms with E-state index in [2.05, 4.69) is 45.7 Å². The van der Waals surface area contributed by atoms with Crippen molar-refractivity contribution in [1.29, 1.82) is 0 Å². The smallest absolute Gasteiger partial charge is 0.185 e. The molecule has 1 aliphatic heterocycles. The molecule has 1 aliphatic rings. The van der Waals surface area contributed by atoms with Gasteiger partial charge in [0, 0.05) is 30.8 Å². The molecular weight excluding hydrogens is 470 g/mol. The van der Waals surface area contributed by atoms with Crippen LogP contribution in [0.1, 0.15) is 53.1 Å². The van der Waals surface area contributed by atoms with E-state index in [1.165, 1.54) is 11.9 Å². The molecule has 0 bridgehead atoms. The Labute approximate surface area is 215 Å². The quantitative estimate of drug-likeness (QED) is 0.281. The van der Waals surface area contributed by atoms with E-state index >= 15 is 0 Å². The molecular formula is C27H31N7OS. The lowest BCUT2D eigenvalue weighted by molar-refractivity contribution is 0.0920. The number of ketones is 1. The third-order valence-corrected chi connectivity index (χ3v) is 7.68. The van der Waals surface area contributed by atoms with Gasteiger partial charge in [0.1, 0.15) is 17.5 Å². The normalized spacial score (nSPS) is 16.8. The predicted molar refractivity (Wildman–Crippen MR) is 146 cm³/mol. The Morgan fingerprint density at radius 2 is 2.08 bits per heavy atom. The highest BCUT2D eigenvalue weighted by atomic mass is 32.2. The second kappa shape index (κ2) is 10.3. The highest BCUT2D eigenvalue weighted by Gasteiger charge is 2.31. The largest absolute Gasteiger partial charge is 0.382 e. The number of carbonyl (C=O) groups excluding carboxylic acids is 1. The average Bonchev–Trinajstić information content (AvgIpc) is 3.61. The van der Waals surface area contributed by atoms with E-state index < -0.39 is 0 Å². The Morgan fingerprint density at radius 1 is 1.28 bits per heavy atom. The van der Waals surface area contributed by atoms with E-state index in [1.807, 2.05) is 42.1 Å². The molecule has 1 fully saturated rings. The lowest BCUT2D eigenvalue weighted by Gasteiger charge is -2.11. The number of aromatic nitrogens is 5. The molecule has 1 unspecified atom stereocenters. The first-order chi connectivity index (χ1) is 17.5. The van der Waals surface area contributed by atoms with E-state index in [-0.39, 0.29) is 11.7 Å². The van der Waals surface area contributed by atoms with Gasteiger partial charge in [0.15, 0.2) is 11.6 Å². The van der Waals surface area contributed by atoms with Crippen molar-refractivity contribution in [1.82, 2.24) is 28.7 Å². The van der Waals surface area contributed by atoms with Crippen molar-refractivity contribution in [2.75, 3.05) is 25.1 Å². The zero-order valence-corrected chi connectivity index (χ0v) is 21.7. The zero-order chi connectivity index (χ0) is 25.2. The number of rotatable bonds is 8. The maximum Gasteiger partial charge on any atom is 0.185 e. The van der Waals surface area contributed by atoms with Gasteiger partial charge >= 0.3 is 0 Å². The van der Waals surface area contributed by atoms with E-state index in [0.29, 0.717) is 23.6 Å². The van der Waals surface area contributed by atoms with E-state index in [4.69, 9.17) is 10.8 Å². The molecule has 1 atom stereocenters. The molecule has 0 aliphatic carbocycles. The predicted octanol–water partition coefficient (Wildman–Crippen LogP) is 4.46. The third kappa shape index (κ3) is 4.68. The first-order valence-electron chi connectivity index (χ1n) is 12.2. The highest BCUT2D eigenvalue weighted by molar-refractivity contribution is 7.96. The molecule has 5 rings (SSSR count). The van der Waals surface area contributed by atoms with Crippen LogP contribution in [0.5, 0.6) is 0 Å². The number of Topliss-reactive ketones (excluding diaryl/α,β-unsaturated/α-hetero) is 1. The van der Waals surface area contributed by atoms with Crippen LogP contribution in [0.3, 0.4) is 0 Å². The van der Waals surface area contributed by atoms with Crippen molar-refractivity contribution in [3.63, 3.8) is 0 Å². The standard InChI is InChI=1S/C27H31N7OS/c1-4-20-15-32(14-19-8-6-5-7-9-19)31-23(20)12-18(2)22-13-24(34-25(22)27(28)29-17-30-34)26(35)21-10-11-33(16-21)36-3/h5-9,12-13,15,17,21H,4,10-11,14,16H2,1-3H3,(H2,28,29,30)/b18-12+. The maximum atomic E-state index is 13.5. The van der Waals surface area contributed by atoms with E-state index in [9.17, 15) is 4.79 Å². The summed E-state index contributed by atoms with van der Waals surface area (Å²) < 4.78 is 5.87. The Balaban J connectivity index is 1.51. The maximum absolute atomic E-state index is 13.5. The molecule has 0 radical (unpaired) electrons. The molecule has 0 amide bonds. The Bertz CT molecular complexity index is 1420. The van der Waals surface area contributed by atoms with Crippen LogP contribution in [0, 0.1) is 5.92 Å².